The van der Waals surface area contributed by atoms with Crippen molar-refractivity contribution in [1.29, 1.82) is 0 Å². The smallest absolute Gasteiger partial charge is 0.190 e. The van der Waals surface area contributed by atoms with Crippen LogP contribution in [0.2, 0.25) is 0 Å². The molecule has 1 saturated carbocycles. The molecule has 0 amide bonds. The molecule has 1 spiro atoms. The third-order valence-corrected chi connectivity index (χ3v) is 6.84. The first-order chi connectivity index (χ1) is 16.1. The van der Waals surface area contributed by atoms with Gasteiger partial charge in [0.15, 0.2) is 17.5 Å². The van der Waals surface area contributed by atoms with E-state index in [0.717, 1.165) is 35.2 Å². The fraction of sp³-hybridized carbons (Fsp3) is 0.318. The van der Waals surface area contributed by atoms with Gasteiger partial charge >= 0.3 is 0 Å². The maximum absolute atomic E-state index is 14.4. The number of nitrogens with one attached hydrogen (secondary N) is 2. The van der Waals surface area contributed by atoms with Gasteiger partial charge in [0, 0.05) is 29.9 Å². The predicted octanol–water partition coefficient (Wildman–Crippen LogP) is 2.83. The molecular weight excluding hydrogens is 428 g/mol. The Morgan fingerprint density at radius 1 is 1.15 bits per heavy atom. The Balaban J connectivity index is 1.38. The van der Waals surface area contributed by atoms with Gasteiger partial charge in [-0.2, -0.15) is 9.78 Å². The second-order valence-electron chi connectivity index (χ2n) is 8.72. The summed E-state index contributed by atoms with van der Waals surface area (Å²) in [5.41, 5.74) is 9.30. The van der Waals surface area contributed by atoms with Gasteiger partial charge in [0.2, 0.25) is 0 Å². The first kappa shape index (κ1) is 19.9. The van der Waals surface area contributed by atoms with Gasteiger partial charge in [0.05, 0.1) is 11.3 Å². The Labute approximate surface area is 187 Å². The van der Waals surface area contributed by atoms with E-state index in [1.54, 1.807) is 12.3 Å². The molecule has 2 aliphatic rings. The number of rotatable bonds is 4. The molecule has 2 fully saturated rings. The minimum absolute atomic E-state index is 0.124. The number of anilines is 1. The van der Waals surface area contributed by atoms with Crippen LogP contribution in [0.3, 0.4) is 0 Å². The molecule has 3 aromatic heterocycles. The van der Waals surface area contributed by atoms with Gasteiger partial charge < -0.3 is 11.1 Å². The van der Waals surface area contributed by atoms with E-state index in [4.69, 9.17) is 5.73 Å². The summed E-state index contributed by atoms with van der Waals surface area (Å²) >= 11 is 0. The average molecular weight is 449 g/mol. The second-order valence-corrected chi connectivity index (χ2v) is 8.72. The van der Waals surface area contributed by atoms with E-state index < -0.39 is 11.6 Å². The van der Waals surface area contributed by atoms with Gasteiger partial charge in [-0.15, -0.1) is 5.10 Å². The number of benzene rings is 1. The molecule has 4 aromatic rings. The maximum Gasteiger partial charge on any atom is 0.190 e. The lowest BCUT2D eigenvalue weighted by molar-refractivity contribution is 0.296. The number of nitrogen functional groups attached to an aromatic ring is 1. The molecule has 11 heteroatoms. The number of hydrogen-bond donors (Lipinski definition) is 3. The lowest BCUT2D eigenvalue weighted by Crippen LogP contribution is -2.36. The van der Waals surface area contributed by atoms with Gasteiger partial charge in [-0.3, -0.25) is 5.10 Å². The van der Waals surface area contributed by atoms with Crippen molar-refractivity contribution < 1.29 is 8.78 Å². The highest BCUT2D eigenvalue weighted by Gasteiger charge is 2.51. The number of piperidine rings is 1. The van der Waals surface area contributed by atoms with Crippen LogP contribution in [0, 0.1) is 17.0 Å². The number of tetrazole rings is 1. The van der Waals surface area contributed by atoms with Crippen molar-refractivity contribution in [2.75, 3.05) is 18.8 Å². The van der Waals surface area contributed by atoms with Crippen LogP contribution in [0.5, 0.6) is 0 Å². The number of nitrogens with two attached hydrogens (primary N) is 1. The molecule has 9 nitrogen and oxygen atoms in total. The third kappa shape index (κ3) is 3.27. The number of aromatic amines is 1. The molecule has 1 aliphatic heterocycles. The largest absolute Gasteiger partial charge is 0.383 e. The first-order valence-corrected chi connectivity index (χ1v) is 10.8. The molecular formula is C22H21F2N9. The van der Waals surface area contributed by atoms with Gasteiger partial charge in [-0.25, -0.2) is 13.8 Å². The van der Waals surface area contributed by atoms with Gasteiger partial charge in [-0.1, -0.05) is 6.07 Å². The lowest BCUT2D eigenvalue weighted by atomic mass is 9.81. The average Bonchev–Trinajstić information content (AvgIpc) is 3.22. The Morgan fingerprint density at radius 2 is 2.03 bits per heavy atom. The third-order valence-electron chi connectivity index (χ3n) is 6.84. The topological polar surface area (TPSA) is 123 Å². The summed E-state index contributed by atoms with van der Waals surface area (Å²) in [5.74, 6) is -1.34. The van der Waals surface area contributed by atoms with Crippen LogP contribution in [0.1, 0.15) is 30.9 Å². The zero-order valence-corrected chi connectivity index (χ0v) is 17.6. The van der Waals surface area contributed by atoms with Crippen molar-refractivity contribution in [2.45, 2.75) is 25.2 Å². The van der Waals surface area contributed by atoms with Crippen molar-refractivity contribution in [2.24, 2.45) is 5.41 Å². The van der Waals surface area contributed by atoms with E-state index in [2.05, 4.69) is 36.0 Å². The summed E-state index contributed by atoms with van der Waals surface area (Å²) < 4.78 is 29.3. The zero-order chi connectivity index (χ0) is 22.6. The summed E-state index contributed by atoms with van der Waals surface area (Å²) in [6, 6.07) is 7.60. The van der Waals surface area contributed by atoms with Crippen LogP contribution in [-0.2, 0) is 0 Å². The van der Waals surface area contributed by atoms with E-state index >= 15 is 0 Å². The minimum Gasteiger partial charge on any atom is -0.383 e. The molecule has 33 heavy (non-hydrogen) atoms. The Bertz CT molecular complexity index is 1340. The highest BCUT2D eigenvalue weighted by Crippen LogP contribution is 2.59. The van der Waals surface area contributed by atoms with Crippen LogP contribution < -0.4 is 11.1 Å². The van der Waals surface area contributed by atoms with Gasteiger partial charge in [0.25, 0.3) is 0 Å². The predicted molar refractivity (Wildman–Crippen MR) is 116 cm³/mol. The fourth-order valence-corrected chi connectivity index (χ4v) is 4.80. The molecule has 1 unspecified atom stereocenters. The summed E-state index contributed by atoms with van der Waals surface area (Å²) in [4.78, 5) is 4.28. The molecule has 168 valence electrons. The van der Waals surface area contributed by atoms with Crippen LogP contribution >= 0.6 is 0 Å². The minimum atomic E-state index is -1.05. The van der Waals surface area contributed by atoms with Crippen molar-refractivity contribution in [3.8, 4) is 28.3 Å². The maximum atomic E-state index is 14.4. The molecule has 1 aliphatic carbocycles. The van der Waals surface area contributed by atoms with Gasteiger partial charge in [-0.05, 0) is 65.9 Å². The van der Waals surface area contributed by atoms with Crippen LogP contribution in [0.4, 0.5) is 14.6 Å². The molecule has 0 bridgehead atoms. The number of H-pyrrole nitrogens is 1. The van der Waals surface area contributed by atoms with Gasteiger partial charge in [0.1, 0.15) is 11.5 Å². The molecule has 4 N–H and O–H groups in total. The fourth-order valence-electron chi connectivity index (χ4n) is 4.80. The zero-order valence-electron chi connectivity index (χ0n) is 17.6. The summed E-state index contributed by atoms with van der Waals surface area (Å²) in [6.07, 6.45) is 5.31. The standard InChI is InChI=1S/C22H21F2N9/c23-15-2-1-3-18(19(15)24)33-21(30-31-32-33)13-8-12(10-27-20(13)25)16-9-17(29-28-16)14-11-26-7-6-22(14)4-5-22/h1-3,8-10,14,26H,4-7,11H2,(H2,25,27)(H,28,29). The van der Waals surface area contributed by atoms with Crippen LogP contribution in [0.15, 0.2) is 36.5 Å². The molecule has 6 rings (SSSR count). The van der Waals surface area contributed by atoms with E-state index in [9.17, 15) is 8.78 Å². The Kier molecular flexibility index (Phi) is 4.47. The lowest BCUT2D eigenvalue weighted by Gasteiger charge is -2.31. The highest BCUT2D eigenvalue weighted by atomic mass is 19.2. The molecule has 1 atom stereocenters. The quantitative estimate of drug-likeness (QED) is 0.438. The van der Waals surface area contributed by atoms with E-state index in [0.29, 0.717) is 22.5 Å². The first-order valence-electron chi connectivity index (χ1n) is 10.8. The number of pyridine rings is 1. The summed E-state index contributed by atoms with van der Waals surface area (Å²) in [7, 11) is 0. The highest BCUT2D eigenvalue weighted by molar-refractivity contribution is 5.75. The number of aromatic nitrogens is 7. The van der Waals surface area contributed by atoms with Crippen LogP contribution in [-0.4, -0.2) is 48.5 Å². The van der Waals surface area contributed by atoms with E-state index in [1.165, 1.54) is 31.4 Å². The number of halogens is 2. The van der Waals surface area contributed by atoms with Crippen molar-refractivity contribution in [3.63, 3.8) is 0 Å². The molecule has 0 radical (unpaired) electrons. The van der Waals surface area contributed by atoms with Crippen molar-refractivity contribution in [1.82, 2.24) is 40.7 Å². The van der Waals surface area contributed by atoms with E-state index in [-0.39, 0.29) is 17.3 Å². The Hall–Kier alpha value is -3.73. The van der Waals surface area contributed by atoms with Crippen molar-refractivity contribution in [3.05, 3.63) is 53.9 Å². The molecule has 1 aromatic carbocycles. The second kappa shape index (κ2) is 7.41. The van der Waals surface area contributed by atoms with Crippen molar-refractivity contribution >= 4 is 5.82 Å². The molecule has 1 saturated heterocycles. The SMILES string of the molecule is Nc1ncc(-c2cc(C3CNCCC34CC4)[nH]n2)cc1-c1nnnn1-c1cccc(F)c1F. The summed E-state index contributed by atoms with van der Waals surface area (Å²) in [6.45, 7) is 1.99. The number of nitrogens with zero attached hydrogens (tertiary/aromatic N) is 6. The normalized spacial score (nSPS) is 19.2. The molecule has 4 heterocycles. The summed E-state index contributed by atoms with van der Waals surface area (Å²) in [5, 5.41) is 22.7. The Morgan fingerprint density at radius 3 is 2.88 bits per heavy atom. The number of hydrogen-bond acceptors (Lipinski definition) is 7. The monoisotopic (exact) mass is 449 g/mol. The van der Waals surface area contributed by atoms with E-state index in [1.807, 2.05) is 6.07 Å². The van der Waals surface area contributed by atoms with Crippen LogP contribution in [0.25, 0.3) is 28.3 Å².